The van der Waals surface area contributed by atoms with Crippen LogP contribution in [-0.2, 0) is 14.3 Å². The molecule has 0 saturated carbocycles. The summed E-state index contributed by atoms with van der Waals surface area (Å²) in [6.07, 6.45) is 4.08. The van der Waals surface area contributed by atoms with Gasteiger partial charge < -0.3 is 9.47 Å². The predicted molar refractivity (Wildman–Crippen MR) is 69.9 cm³/mol. The van der Waals surface area contributed by atoms with Crippen molar-refractivity contribution in [1.82, 2.24) is 0 Å². The quantitative estimate of drug-likeness (QED) is 0.335. The van der Waals surface area contributed by atoms with Crippen molar-refractivity contribution in [1.29, 1.82) is 0 Å². The van der Waals surface area contributed by atoms with E-state index in [1.54, 1.807) is 6.92 Å². The van der Waals surface area contributed by atoms with Crippen LogP contribution in [0.2, 0.25) is 0 Å². The molecule has 0 aliphatic carbocycles. The van der Waals surface area contributed by atoms with Gasteiger partial charge in [-0.25, -0.2) is 4.79 Å². The Bertz CT molecular complexity index is 222. The minimum atomic E-state index is -0.293. The van der Waals surface area contributed by atoms with Gasteiger partial charge in [-0.2, -0.15) is 0 Å². The molecule has 0 saturated heterocycles. The Balaban J connectivity index is 3.14. The number of esters is 1. The monoisotopic (exact) mass is 242 g/mol. The molecule has 0 rings (SSSR count). The molecule has 0 aliphatic heterocycles. The smallest absolute Gasteiger partial charge is 0.333 e. The first-order valence-electron chi connectivity index (χ1n) is 6.44. The van der Waals surface area contributed by atoms with Gasteiger partial charge in [-0.05, 0) is 38.5 Å². The van der Waals surface area contributed by atoms with E-state index < -0.39 is 0 Å². The molecule has 0 bridgehead atoms. The van der Waals surface area contributed by atoms with E-state index in [-0.39, 0.29) is 5.97 Å². The molecular formula is C14H26O3. The number of carbonyl (C=O) groups is 1. The Morgan fingerprint density at radius 1 is 1.12 bits per heavy atom. The van der Waals surface area contributed by atoms with Crippen molar-refractivity contribution in [3.05, 3.63) is 12.2 Å². The minimum absolute atomic E-state index is 0.293. The maximum Gasteiger partial charge on any atom is 0.333 e. The van der Waals surface area contributed by atoms with E-state index in [1.165, 1.54) is 0 Å². The van der Waals surface area contributed by atoms with Gasteiger partial charge in [0.25, 0.3) is 0 Å². The molecule has 100 valence electrons. The Hall–Kier alpha value is -0.830. The second-order valence-electron chi connectivity index (χ2n) is 4.77. The lowest BCUT2D eigenvalue weighted by molar-refractivity contribution is -0.139. The summed E-state index contributed by atoms with van der Waals surface area (Å²) in [4.78, 5) is 11.0. The van der Waals surface area contributed by atoms with Crippen molar-refractivity contribution < 1.29 is 14.3 Å². The Kier molecular flexibility index (Phi) is 9.83. The van der Waals surface area contributed by atoms with Crippen molar-refractivity contribution >= 4 is 5.97 Å². The zero-order valence-corrected chi connectivity index (χ0v) is 11.5. The molecule has 0 fully saturated rings. The van der Waals surface area contributed by atoms with Crippen molar-refractivity contribution in [2.24, 2.45) is 5.92 Å². The van der Waals surface area contributed by atoms with Gasteiger partial charge in [0.15, 0.2) is 0 Å². The molecular weight excluding hydrogens is 216 g/mol. The zero-order valence-electron chi connectivity index (χ0n) is 11.5. The van der Waals surface area contributed by atoms with E-state index >= 15 is 0 Å². The van der Waals surface area contributed by atoms with E-state index in [1.807, 2.05) is 0 Å². The Morgan fingerprint density at radius 3 is 2.35 bits per heavy atom. The van der Waals surface area contributed by atoms with Crippen molar-refractivity contribution in [2.75, 3.05) is 19.8 Å². The first-order chi connectivity index (χ1) is 8.04. The van der Waals surface area contributed by atoms with Gasteiger partial charge in [0.05, 0.1) is 6.61 Å². The van der Waals surface area contributed by atoms with Gasteiger partial charge in [-0.1, -0.05) is 20.4 Å². The summed E-state index contributed by atoms with van der Waals surface area (Å²) in [5.41, 5.74) is 0.460. The summed E-state index contributed by atoms with van der Waals surface area (Å²) in [7, 11) is 0. The van der Waals surface area contributed by atoms with Gasteiger partial charge >= 0.3 is 5.97 Å². The molecule has 0 radical (unpaired) electrons. The van der Waals surface area contributed by atoms with Crippen LogP contribution in [0.1, 0.15) is 46.5 Å². The second kappa shape index (κ2) is 10.3. The third-order valence-electron chi connectivity index (χ3n) is 2.35. The zero-order chi connectivity index (χ0) is 13.1. The molecule has 0 unspecified atom stereocenters. The first kappa shape index (κ1) is 16.2. The third kappa shape index (κ3) is 11.4. The van der Waals surface area contributed by atoms with Crippen LogP contribution in [0.15, 0.2) is 12.2 Å². The molecule has 0 N–H and O–H groups in total. The number of hydrogen-bond acceptors (Lipinski definition) is 3. The number of hydrogen-bond donors (Lipinski definition) is 0. The molecule has 0 atom stereocenters. The largest absolute Gasteiger partial charge is 0.462 e. The molecule has 0 aromatic heterocycles. The van der Waals surface area contributed by atoms with Crippen LogP contribution >= 0.6 is 0 Å². The summed E-state index contributed by atoms with van der Waals surface area (Å²) in [5, 5.41) is 0. The summed E-state index contributed by atoms with van der Waals surface area (Å²) in [6, 6.07) is 0. The first-order valence-corrected chi connectivity index (χ1v) is 6.44. The maximum atomic E-state index is 11.0. The van der Waals surface area contributed by atoms with Crippen molar-refractivity contribution in [3.63, 3.8) is 0 Å². The fourth-order valence-electron chi connectivity index (χ4n) is 1.19. The molecule has 0 aliphatic rings. The highest BCUT2D eigenvalue weighted by atomic mass is 16.5. The lowest BCUT2D eigenvalue weighted by Crippen LogP contribution is -2.06. The molecule has 3 nitrogen and oxygen atoms in total. The molecule has 0 heterocycles. The van der Waals surface area contributed by atoms with Gasteiger partial charge in [-0.3, -0.25) is 0 Å². The predicted octanol–water partition coefficient (Wildman–Crippen LogP) is 3.34. The fraction of sp³-hybridized carbons (Fsp3) is 0.786. The van der Waals surface area contributed by atoms with Crippen molar-refractivity contribution in [2.45, 2.75) is 46.5 Å². The van der Waals surface area contributed by atoms with Crippen LogP contribution < -0.4 is 0 Å². The molecule has 17 heavy (non-hydrogen) atoms. The topological polar surface area (TPSA) is 35.5 Å². The van der Waals surface area contributed by atoms with E-state index in [4.69, 9.17) is 9.47 Å². The van der Waals surface area contributed by atoms with Crippen LogP contribution in [0.5, 0.6) is 0 Å². The average Bonchev–Trinajstić information content (AvgIpc) is 2.25. The lowest BCUT2D eigenvalue weighted by atomic mass is 10.1. The van der Waals surface area contributed by atoms with Crippen LogP contribution in [0.4, 0.5) is 0 Å². The third-order valence-corrected chi connectivity index (χ3v) is 2.35. The number of ether oxygens (including phenoxy) is 2. The van der Waals surface area contributed by atoms with Crippen molar-refractivity contribution in [3.8, 4) is 0 Å². The van der Waals surface area contributed by atoms with E-state index in [2.05, 4.69) is 20.4 Å². The van der Waals surface area contributed by atoms with Crippen LogP contribution in [0, 0.1) is 5.92 Å². The Morgan fingerprint density at radius 2 is 1.76 bits per heavy atom. The highest BCUT2D eigenvalue weighted by Crippen LogP contribution is 2.02. The summed E-state index contributed by atoms with van der Waals surface area (Å²) in [6.45, 7) is 11.7. The molecule has 3 heteroatoms. The summed E-state index contributed by atoms with van der Waals surface area (Å²) >= 11 is 0. The number of rotatable bonds is 10. The molecule has 0 amide bonds. The van der Waals surface area contributed by atoms with Gasteiger partial charge in [-0.15, -0.1) is 0 Å². The Labute approximate surface area is 105 Å². The van der Waals surface area contributed by atoms with Crippen LogP contribution in [0.3, 0.4) is 0 Å². The summed E-state index contributed by atoms with van der Waals surface area (Å²) < 4.78 is 10.5. The molecule has 0 aromatic rings. The van der Waals surface area contributed by atoms with Gasteiger partial charge in [0.2, 0.25) is 0 Å². The van der Waals surface area contributed by atoms with Crippen LogP contribution in [-0.4, -0.2) is 25.8 Å². The normalized spacial score (nSPS) is 10.6. The van der Waals surface area contributed by atoms with E-state index in [0.717, 1.165) is 38.9 Å². The SMILES string of the molecule is C=C(C)C(=O)OCCCCCOCCC(C)C. The minimum Gasteiger partial charge on any atom is -0.462 e. The molecule has 0 spiro atoms. The number of unbranched alkanes of at least 4 members (excludes halogenated alkanes) is 2. The second-order valence-corrected chi connectivity index (χ2v) is 4.77. The molecule has 0 aromatic carbocycles. The van der Waals surface area contributed by atoms with Gasteiger partial charge in [0, 0.05) is 18.8 Å². The average molecular weight is 242 g/mol. The van der Waals surface area contributed by atoms with Gasteiger partial charge in [0.1, 0.15) is 0 Å². The highest BCUT2D eigenvalue weighted by molar-refractivity contribution is 5.86. The van der Waals surface area contributed by atoms with E-state index in [0.29, 0.717) is 18.1 Å². The van der Waals surface area contributed by atoms with E-state index in [9.17, 15) is 4.79 Å². The summed E-state index contributed by atoms with van der Waals surface area (Å²) in [5.74, 6) is 0.412. The number of carbonyl (C=O) groups excluding carboxylic acids is 1. The van der Waals surface area contributed by atoms with Crippen LogP contribution in [0.25, 0.3) is 0 Å². The lowest BCUT2D eigenvalue weighted by Gasteiger charge is -2.06. The fourth-order valence-corrected chi connectivity index (χ4v) is 1.19. The highest BCUT2D eigenvalue weighted by Gasteiger charge is 2.01. The standard InChI is InChI=1S/C14H26O3/c1-12(2)8-11-16-9-6-5-7-10-17-14(15)13(3)4/h12H,3,5-11H2,1-2,4H3. The maximum absolute atomic E-state index is 11.0.